The van der Waals surface area contributed by atoms with Crippen molar-refractivity contribution in [2.45, 2.75) is 0 Å². The number of hydrazine groups is 1. The van der Waals surface area contributed by atoms with E-state index in [1.807, 2.05) is 35.8 Å². The van der Waals surface area contributed by atoms with Crippen molar-refractivity contribution in [2.24, 2.45) is 0 Å². The van der Waals surface area contributed by atoms with Gasteiger partial charge in [-0.05, 0) is 23.3 Å². The van der Waals surface area contributed by atoms with E-state index in [0.29, 0.717) is 5.75 Å². The molecule has 9 heteroatoms. The van der Waals surface area contributed by atoms with Gasteiger partial charge in [0, 0.05) is 0 Å². The molecule has 29 heavy (non-hydrogen) atoms. The Hall–Kier alpha value is -3.62. The van der Waals surface area contributed by atoms with Gasteiger partial charge >= 0.3 is 0 Å². The molecule has 0 aliphatic carbocycles. The molecule has 0 unspecified atom stereocenters. The van der Waals surface area contributed by atoms with Gasteiger partial charge in [0.15, 0.2) is 29.9 Å². The third-order valence-corrected chi connectivity index (χ3v) is 3.87. The molecule has 0 aliphatic heterocycles. The molecule has 4 nitrogen and oxygen atoms in total. The normalized spacial score (nSPS) is 10.5. The van der Waals surface area contributed by atoms with Crippen molar-refractivity contribution < 1.29 is 31.5 Å². The van der Waals surface area contributed by atoms with Crippen molar-refractivity contribution in [3.05, 3.63) is 83.7 Å². The molecule has 2 N–H and O–H groups in total. The molecule has 0 aliphatic rings. The van der Waals surface area contributed by atoms with Crippen molar-refractivity contribution in [3.63, 3.8) is 0 Å². The molecule has 0 bridgehead atoms. The summed E-state index contributed by atoms with van der Waals surface area (Å²) < 4.78 is 71.5. The molecule has 0 spiro atoms. The average molecular weight is 408 g/mol. The van der Waals surface area contributed by atoms with Gasteiger partial charge in [-0.1, -0.05) is 42.5 Å². The van der Waals surface area contributed by atoms with Crippen molar-refractivity contribution in [1.82, 2.24) is 5.43 Å². The number of carbonyl (C=O) groups is 1. The highest BCUT2D eigenvalue weighted by Crippen LogP contribution is 2.26. The number of halogens is 5. The van der Waals surface area contributed by atoms with E-state index in [-0.39, 0.29) is 0 Å². The van der Waals surface area contributed by atoms with Crippen LogP contribution in [-0.4, -0.2) is 12.5 Å². The fourth-order valence-electron chi connectivity index (χ4n) is 2.41. The van der Waals surface area contributed by atoms with Gasteiger partial charge in [0.25, 0.3) is 5.91 Å². The molecule has 0 saturated carbocycles. The molecule has 1 amide bonds. The maximum absolute atomic E-state index is 13.5. The predicted octanol–water partition coefficient (Wildman–Crippen LogP) is 4.57. The van der Waals surface area contributed by atoms with Gasteiger partial charge in [-0.25, -0.2) is 22.0 Å². The largest absolute Gasteiger partial charge is 0.484 e. The minimum absolute atomic E-state index is 0.344. The summed E-state index contributed by atoms with van der Waals surface area (Å²) in [5, 5.41) is 0. The summed E-state index contributed by atoms with van der Waals surface area (Å²) in [6.45, 7) is -0.562. The molecule has 3 rings (SSSR count). The minimum Gasteiger partial charge on any atom is -0.484 e. The van der Waals surface area contributed by atoms with Crippen LogP contribution in [0.4, 0.5) is 27.6 Å². The number of ether oxygens (including phenoxy) is 1. The van der Waals surface area contributed by atoms with Crippen LogP contribution in [-0.2, 0) is 4.79 Å². The lowest BCUT2D eigenvalue weighted by atomic mass is 10.1. The molecule has 150 valence electrons. The van der Waals surface area contributed by atoms with Gasteiger partial charge in [-0.2, -0.15) is 0 Å². The highest BCUT2D eigenvalue weighted by atomic mass is 19.2. The molecular formula is C20H13F5N2O2. The molecule has 3 aromatic carbocycles. The van der Waals surface area contributed by atoms with E-state index in [9.17, 15) is 26.7 Å². The van der Waals surface area contributed by atoms with E-state index < -0.39 is 47.3 Å². The first-order valence-corrected chi connectivity index (χ1v) is 8.23. The number of nitrogens with one attached hydrogen (secondary N) is 2. The van der Waals surface area contributed by atoms with E-state index >= 15 is 0 Å². The monoisotopic (exact) mass is 408 g/mol. The first-order chi connectivity index (χ1) is 13.9. The van der Waals surface area contributed by atoms with Gasteiger partial charge in [0.2, 0.25) is 5.82 Å². The first kappa shape index (κ1) is 20.1. The number of hydrogen-bond donors (Lipinski definition) is 2. The molecule has 3 aromatic rings. The lowest BCUT2D eigenvalue weighted by Gasteiger charge is -2.12. The van der Waals surface area contributed by atoms with Crippen molar-refractivity contribution in [1.29, 1.82) is 0 Å². The third-order valence-electron chi connectivity index (χ3n) is 3.87. The summed E-state index contributed by atoms with van der Waals surface area (Å²) in [6.07, 6.45) is 0. The number of anilines is 1. The van der Waals surface area contributed by atoms with Crippen LogP contribution in [0.3, 0.4) is 0 Å². The number of carbonyl (C=O) groups excluding carboxylic acids is 1. The van der Waals surface area contributed by atoms with E-state index in [1.54, 1.807) is 29.7 Å². The zero-order valence-corrected chi connectivity index (χ0v) is 14.6. The molecule has 0 aromatic heterocycles. The van der Waals surface area contributed by atoms with Crippen LogP contribution in [0, 0.1) is 29.1 Å². The van der Waals surface area contributed by atoms with Gasteiger partial charge in [-0.15, -0.1) is 0 Å². The van der Waals surface area contributed by atoms with E-state index in [4.69, 9.17) is 4.74 Å². The fourth-order valence-corrected chi connectivity index (χ4v) is 2.41. The van der Waals surface area contributed by atoms with Crippen LogP contribution in [0.2, 0.25) is 0 Å². The Morgan fingerprint density at radius 3 is 1.83 bits per heavy atom. The van der Waals surface area contributed by atoms with Gasteiger partial charge in [0.05, 0.1) is 0 Å². The van der Waals surface area contributed by atoms with Gasteiger partial charge in [-0.3, -0.25) is 15.6 Å². The Morgan fingerprint density at radius 1 is 0.724 bits per heavy atom. The van der Waals surface area contributed by atoms with Crippen LogP contribution in [0.15, 0.2) is 54.6 Å². The summed E-state index contributed by atoms with van der Waals surface area (Å²) >= 11 is 0. The summed E-state index contributed by atoms with van der Waals surface area (Å²) in [5.74, 6) is -11.3. The van der Waals surface area contributed by atoms with Gasteiger partial charge < -0.3 is 4.74 Å². The van der Waals surface area contributed by atoms with E-state index in [1.165, 1.54) is 0 Å². The Labute approximate surface area is 161 Å². The van der Waals surface area contributed by atoms with Crippen LogP contribution in [0.5, 0.6) is 5.75 Å². The number of hydrogen-bond acceptors (Lipinski definition) is 3. The Bertz CT molecular complexity index is 998. The second-order valence-corrected chi connectivity index (χ2v) is 5.80. The second-order valence-electron chi connectivity index (χ2n) is 5.80. The maximum atomic E-state index is 13.5. The molecular weight excluding hydrogens is 395 g/mol. The quantitative estimate of drug-likeness (QED) is 0.272. The molecule has 0 heterocycles. The number of rotatable bonds is 6. The highest BCUT2D eigenvalue weighted by Gasteiger charge is 2.26. The predicted molar refractivity (Wildman–Crippen MR) is 95.4 cm³/mol. The first-order valence-electron chi connectivity index (χ1n) is 8.23. The molecule has 0 saturated heterocycles. The number of amides is 1. The van der Waals surface area contributed by atoms with E-state index in [2.05, 4.69) is 0 Å². The lowest BCUT2D eigenvalue weighted by Crippen LogP contribution is -2.34. The average Bonchev–Trinajstić information content (AvgIpc) is 2.76. The molecule has 0 atom stereocenters. The SMILES string of the molecule is O=C(COc1ccc(-c2ccccc2)cc1)NNc1c(F)c(F)c(F)c(F)c1F. The summed E-state index contributed by atoms with van der Waals surface area (Å²) in [6, 6.07) is 16.3. The van der Waals surface area contributed by atoms with Crippen LogP contribution in [0.25, 0.3) is 11.1 Å². The number of benzene rings is 3. The zero-order valence-electron chi connectivity index (χ0n) is 14.6. The van der Waals surface area contributed by atoms with Crippen LogP contribution >= 0.6 is 0 Å². The summed E-state index contributed by atoms with van der Waals surface area (Å²) in [5.41, 5.74) is 4.04. The maximum Gasteiger partial charge on any atom is 0.276 e. The van der Waals surface area contributed by atoms with Crippen molar-refractivity contribution >= 4 is 11.6 Å². The van der Waals surface area contributed by atoms with Crippen molar-refractivity contribution in [2.75, 3.05) is 12.0 Å². The van der Waals surface area contributed by atoms with Crippen LogP contribution < -0.4 is 15.6 Å². The van der Waals surface area contributed by atoms with Crippen LogP contribution in [0.1, 0.15) is 0 Å². The topological polar surface area (TPSA) is 50.4 Å². The Balaban J connectivity index is 1.57. The Morgan fingerprint density at radius 2 is 1.24 bits per heavy atom. The molecule has 0 radical (unpaired) electrons. The summed E-state index contributed by atoms with van der Waals surface area (Å²) in [4.78, 5) is 11.7. The standard InChI is InChI=1S/C20H13F5N2O2/c21-15-16(22)18(24)20(19(25)17(15)23)27-26-14(28)10-29-13-8-6-12(7-9-13)11-4-2-1-3-5-11/h1-9,27H,10H2,(H,26,28). The smallest absolute Gasteiger partial charge is 0.276 e. The second kappa shape index (κ2) is 8.59. The van der Waals surface area contributed by atoms with Gasteiger partial charge in [0.1, 0.15) is 11.4 Å². The fraction of sp³-hybridized carbons (Fsp3) is 0.0500. The highest BCUT2D eigenvalue weighted by molar-refractivity contribution is 5.79. The third kappa shape index (κ3) is 4.45. The zero-order chi connectivity index (χ0) is 21.0. The lowest BCUT2D eigenvalue weighted by molar-refractivity contribution is -0.122. The van der Waals surface area contributed by atoms with E-state index in [0.717, 1.165) is 11.1 Å². The Kier molecular flexibility index (Phi) is 5.96. The minimum atomic E-state index is -2.29. The molecule has 0 fully saturated rings. The summed E-state index contributed by atoms with van der Waals surface area (Å²) in [7, 11) is 0. The van der Waals surface area contributed by atoms with Crippen molar-refractivity contribution in [3.8, 4) is 16.9 Å².